The summed E-state index contributed by atoms with van der Waals surface area (Å²) in [7, 11) is 0. The Bertz CT molecular complexity index is 462. The molecule has 0 spiro atoms. The first-order valence-corrected chi connectivity index (χ1v) is 6.91. The average molecular weight is 260 g/mol. The molecule has 0 saturated carbocycles. The maximum Gasteiger partial charge on any atom is 0.407 e. The second-order valence-electron chi connectivity index (χ2n) is 5.78. The standard InChI is InChI=1S/C15H20N2O2/c1-11-14-10-16(7-12-5-3-2-4-6-12)8-13(14)9-17(11)15(18)19/h2-6,11,13-14H,7-10H2,1H3,(H,18,19)/t11?,13-,14+/m0/s1. The van der Waals surface area contributed by atoms with Gasteiger partial charge in [-0.05, 0) is 24.3 Å². The highest BCUT2D eigenvalue weighted by molar-refractivity contribution is 5.66. The van der Waals surface area contributed by atoms with E-state index in [2.05, 4.69) is 29.2 Å². The first kappa shape index (κ1) is 12.5. The minimum absolute atomic E-state index is 0.156. The van der Waals surface area contributed by atoms with Crippen LogP contribution in [0.2, 0.25) is 0 Å². The Balaban J connectivity index is 1.63. The molecule has 0 aromatic heterocycles. The Hall–Kier alpha value is -1.55. The lowest BCUT2D eigenvalue weighted by Gasteiger charge is -2.24. The Morgan fingerprint density at radius 1 is 1.26 bits per heavy atom. The lowest BCUT2D eigenvalue weighted by Crippen LogP contribution is -2.37. The lowest BCUT2D eigenvalue weighted by atomic mass is 9.95. The predicted molar refractivity (Wildman–Crippen MR) is 72.9 cm³/mol. The summed E-state index contributed by atoms with van der Waals surface area (Å²) in [6.45, 7) is 5.77. The summed E-state index contributed by atoms with van der Waals surface area (Å²) < 4.78 is 0. The van der Waals surface area contributed by atoms with Gasteiger partial charge in [0.2, 0.25) is 0 Å². The first-order chi connectivity index (χ1) is 9.15. The van der Waals surface area contributed by atoms with Crippen molar-refractivity contribution in [3.05, 3.63) is 35.9 Å². The highest BCUT2D eigenvalue weighted by atomic mass is 16.4. The van der Waals surface area contributed by atoms with E-state index in [4.69, 9.17) is 5.11 Å². The largest absolute Gasteiger partial charge is 0.465 e. The van der Waals surface area contributed by atoms with Crippen LogP contribution < -0.4 is 0 Å². The van der Waals surface area contributed by atoms with Gasteiger partial charge in [0.1, 0.15) is 0 Å². The van der Waals surface area contributed by atoms with Crippen molar-refractivity contribution in [3.63, 3.8) is 0 Å². The van der Waals surface area contributed by atoms with Gasteiger partial charge in [-0.15, -0.1) is 0 Å². The zero-order valence-electron chi connectivity index (χ0n) is 11.2. The SMILES string of the molecule is CC1[C@H]2CN(Cc3ccccc3)C[C@H]2CN1C(=O)O. The molecule has 2 aliphatic rings. The van der Waals surface area contributed by atoms with Crippen LogP contribution in [-0.2, 0) is 6.54 Å². The third-order valence-corrected chi connectivity index (χ3v) is 4.60. The van der Waals surface area contributed by atoms with E-state index in [1.807, 2.05) is 13.0 Å². The van der Waals surface area contributed by atoms with E-state index >= 15 is 0 Å². The van der Waals surface area contributed by atoms with Crippen LogP contribution in [0, 0.1) is 11.8 Å². The predicted octanol–water partition coefficient (Wildman–Crippen LogP) is 2.12. The highest BCUT2D eigenvalue weighted by Gasteiger charge is 2.46. The van der Waals surface area contributed by atoms with Crippen molar-refractivity contribution in [3.8, 4) is 0 Å². The number of nitrogens with zero attached hydrogens (tertiary/aromatic N) is 2. The first-order valence-electron chi connectivity index (χ1n) is 6.91. The summed E-state index contributed by atoms with van der Waals surface area (Å²) in [5, 5.41) is 9.15. The molecule has 1 aromatic rings. The summed E-state index contributed by atoms with van der Waals surface area (Å²) in [4.78, 5) is 15.2. The molecule has 2 fully saturated rings. The van der Waals surface area contributed by atoms with Crippen molar-refractivity contribution in [2.45, 2.75) is 19.5 Å². The Morgan fingerprint density at radius 2 is 2.00 bits per heavy atom. The highest BCUT2D eigenvalue weighted by Crippen LogP contribution is 2.36. The topological polar surface area (TPSA) is 43.8 Å². The fourth-order valence-electron chi connectivity index (χ4n) is 3.60. The molecule has 1 unspecified atom stereocenters. The van der Waals surface area contributed by atoms with Gasteiger partial charge in [-0.25, -0.2) is 4.79 Å². The molecule has 2 aliphatic heterocycles. The molecule has 2 heterocycles. The number of benzene rings is 1. The molecule has 2 saturated heterocycles. The van der Waals surface area contributed by atoms with Crippen LogP contribution in [0.25, 0.3) is 0 Å². The van der Waals surface area contributed by atoms with E-state index in [0.29, 0.717) is 18.4 Å². The molecule has 19 heavy (non-hydrogen) atoms. The van der Waals surface area contributed by atoms with Gasteiger partial charge in [0.15, 0.2) is 0 Å². The van der Waals surface area contributed by atoms with E-state index in [1.165, 1.54) is 5.56 Å². The Morgan fingerprint density at radius 3 is 2.63 bits per heavy atom. The van der Waals surface area contributed by atoms with E-state index in [9.17, 15) is 4.79 Å². The van der Waals surface area contributed by atoms with Crippen LogP contribution in [0.3, 0.4) is 0 Å². The van der Waals surface area contributed by atoms with Gasteiger partial charge in [0, 0.05) is 32.2 Å². The van der Waals surface area contributed by atoms with Crippen molar-refractivity contribution in [1.29, 1.82) is 0 Å². The van der Waals surface area contributed by atoms with E-state index < -0.39 is 6.09 Å². The van der Waals surface area contributed by atoms with Gasteiger partial charge in [-0.1, -0.05) is 30.3 Å². The molecule has 0 radical (unpaired) electrons. The number of fused-ring (bicyclic) bond motifs is 1. The quantitative estimate of drug-likeness (QED) is 0.885. The Kier molecular flexibility index (Phi) is 3.19. The van der Waals surface area contributed by atoms with Crippen molar-refractivity contribution in [2.75, 3.05) is 19.6 Å². The van der Waals surface area contributed by atoms with Crippen molar-refractivity contribution in [1.82, 2.24) is 9.80 Å². The van der Waals surface area contributed by atoms with Crippen molar-refractivity contribution < 1.29 is 9.90 Å². The summed E-state index contributed by atoms with van der Waals surface area (Å²) in [6, 6.07) is 10.6. The van der Waals surface area contributed by atoms with Gasteiger partial charge in [0.05, 0.1) is 0 Å². The molecule has 3 rings (SSSR count). The molecule has 1 N–H and O–H groups in total. The minimum atomic E-state index is -0.767. The zero-order chi connectivity index (χ0) is 13.4. The van der Waals surface area contributed by atoms with E-state index in [-0.39, 0.29) is 6.04 Å². The summed E-state index contributed by atoms with van der Waals surface area (Å²) in [5.74, 6) is 1.01. The summed E-state index contributed by atoms with van der Waals surface area (Å²) in [6.07, 6.45) is -0.767. The fraction of sp³-hybridized carbons (Fsp3) is 0.533. The number of carboxylic acid groups (broad SMARTS) is 1. The lowest BCUT2D eigenvalue weighted by molar-refractivity contribution is 0.132. The molecule has 4 nitrogen and oxygen atoms in total. The van der Waals surface area contributed by atoms with Crippen LogP contribution in [0.4, 0.5) is 4.79 Å². The molecule has 3 atom stereocenters. The van der Waals surface area contributed by atoms with Crippen LogP contribution >= 0.6 is 0 Å². The van der Waals surface area contributed by atoms with Crippen molar-refractivity contribution in [2.24, 2.45) is 11.8 Å². The van der Waals surface area contributed by atoms with Gasteiger partial charge in [-0.3, -0.25) is 4.90 Å². The number of hydrogen-bond donors (Lipinski definition) is 1. The van der Waals surface area contributed by atoms with Gasteiger partial charge in [0.25, 0.3) is 0 Å². The number of rotatable bonds is 2. The molecule has 1 amide bonds. The third kappa shape index (κ3) is 2.32. The van der Waals surface area contributed by atoms with Crippen LogP contribution in [0.15, 0.2) is 30.3 Å². The fourth-order valence-corrected chi connectivity index (χ4v) is 3.60. The molecule has 0 bridgehead atoms. The normalized spacial score (nSPS) is 30.6. The average Bonchev–Trinajstić information content (AvgIpc) is 2.90. The molecule has 0 aliphatic carbocycles. The maximum atomic E-state index is 11.1. The Labute approximate surface area is 113 Å². The van der Waals surface area contributed by atoms with Crippen molar-refractivity contribution >= 4 is 6.09 Å². The monoisotopic (exact) mass is 260 g/mol. The van der Waals surface area contributed by atoms with Gasteiger partial charge in [-0.2, -0.15) is 0 Å². The molecule has 102 valence electrons. The molecule has 1 aromatic carbocycles. The van der Waals surface area contributed by atoms with E-state index in [0.717, 1.165) is 19.6 Å². The maximum absolute atomic E-state index is 11.1. The second kappa shape index (κ2) is 4.85. The number of amides is 1. The smallest absolute Gasteiger partial charge is 0.407 e. The molecular formula is C15H20N2O2. The van der Waals surface area contributed by atoms with Crippen LogP contribution in [0.1, 0.15) is 12.5 Å². The number of likely N-dealkylation sites (tertiary alicyclic amines) is 2. The van der Waals surface area contributed by atoms with Gasteiger partial charge >= 0.3 is 6.09 Å². The zero-order valence-corrected chi connectivity index (χ0v) is 11.2. The summed E-state index contributed by atoms with van der Waals surface area (Å²) >= 11 is 0. The summed E-state index contributed by atoms with van der Waals surface area (Å²) in [5.41, 5.74) is 1.34. The van der Waals surface area contributed by atoms with Crippen LogP contribution in [-0.4, -0.2) is 46.7 Å². The minimum Gasteiger partial charge on any atom is -0.465 e. The van der Waals surface area contributed by atoms with E-state index in [1.54, 1.807) is 4.90 Å². The molecule has 4 heteroatoms. The molecular weight excluding hydrogens is 240 g/mol. The van der Waals surface area contributed by atoms with Gasteiger partial charge < -0.3 is 10.0 Å². The van der Waals surface area contributed by atoms with Crippen LogP contribution in [0.5, 0.6) is 0 Å². The number of carbonyl (C=O) groups is 1. The number of hydrogen-bond acceptors (Lipinski definition) is 2. The second-order valence-corrected chi connectivity index (χ2v) is 5.78. The third-order valence-electron chi connectivity index (χ3n) is 4.60.